The van der Waals surface area contributed by atoms with Gasteiger partial charge in [-0.2, -0.15) is 0 Å². The van der Waals surface area contributed by atoms with E-state index in [1.807, 2.05) is 19.1 Å². The van der Waals surface area contributed by atoms with Gasteiger partial charge in [0, 0.05) is 0 Å². The molecule has 1 atom stereocenters. The van der Waals surface area contributed by atoms with E-state index >= 15 is 0 Å². The van der Waals surface area contributed by atoms with Crippen molar-refractivity contribution < 1.29 is 13.9 Å². The number of alkyl halides is 1. The number of nitrogens with one attached hydrogen (secondary N) is 1. The number of carbonyl (C=O) groups excluding carboxylic acids is 1. The fraction of sp³-hybridized carbons (Fsp3) is 0.235. The molecule has 3 nitrogen and oxygen atoms in total. The topological polar surface area (TPSA) is 38.3 Å². The van der Waals surface area contributed by atoms with Gasteiger partial charge in [0.15, 0.2) is 0 Å². The largest absolute Gasteiger partial charge is 0.495 e. The number of hydrogen-bond donors (Lipinski definition) is 1. The van der Waals surface area contributed by atoms with Crippen LogP contribution in [-0.4, -0.2) is 17.8 Å². The maximum Gasteiger partial charge on any atom is 0.238 e. The first-order chi connectivity index (χ1) is 10.5. The van der Waals surface area contributed by atoms with Gasteiger partial charge in [-0.3, -0.25) is 4.79 Å². The minimum Gasteiger partial charge on any atom is -0.495 e. The summed E-state index contributed by atoms with van der Waals surface area (Å²) in [5, 5.41) is 2.81. The lowest BCUT2D eigenvalue weighted by Crippen LogP contribution is -2.25. The number of methoxy groups -OCH3 is 1. The van der Waals surface area contributed by atoms with E-state index in [1.165, 1.54) is 6.07 Å². The summed E-state index contributed by atoms with van der Waals surface area (Å²) in [6.45, 7) is 1.93. The number of anilines is 1. The molecular weight excluding hydrogens is 349 g/mol. The highest BCUT2D eigenvalue weighted by molar-refractivity contribution is 9.10. The molecule has 0 fully saturated rings. The minimum absolute atomic E-state index is 0.243. The van der Waals surface area contributed by atoms with E-state index < -0.39 is 4.83 Å². The van der Waals surface area contributed by atoms with Crippen molar-refractivity contribution in [3.63, 3.8) is 0 Å². The first kappa shape index (κ1) is 16.5. The third kappa shape index (κ3) is 4.07. The van der Waals surface area contributed by atoms with E-state index in [4.69, 9.17) is 4.74 Å². The summed E-state index contributed by atoms with van der Waals surface area (Å²) >= 11 is 3.32. The molecule has 0 saturated heterocycles. The second-order valence-electron chi connectivity index (χ2n) is 4.96. The Morgan fingerprint density at radius 3 is 2.73 bits per heavy atom. The molecule has 0 bridgehead atoms. The second-order valence-corrected chi connectivity index (χ2v) is 6.06. The molecule has 0 saturated carbocycles. The number of ether oxygens (including phenoxy) is 1. The van der Waals surface area contributed by atoms with Gasteiger partial charge in [0.25, 0.3) is 0 Å². The van der Waals surface area contributed by atoms with Gasteiger partial charge < -0.3 is 10.1 Å². The molecule has 2 aromatic rings. The summed E-state index contributed by atoms with van der Waals surface area (Å²) < 4.78 is 18.9. The second kappa shape index (κ2) is 7.40. The maximum atomic E-state index is 13.6. The molecule has 116 valence electrons. The van der Waals surface area contributed by atoms with Crippen LogP contribution in [0, 0.1) is 12.7 Å². The minimum atomic E-state index is -0.533. The summed E-state index contributed by atoms with van der Waals surface area (Å²) in [5.74, 6) is 0.0320. The number of aryl methyl sites for hydroxylation is 1. The predicted octanol–water partition coefficient (Wildman–Crippen LogP) is 4.09. The monoisotopic (exact) mass is 365 g/mol. The van der Waals surface area contributed by atoms with Crippen LogP contribution in [0.25, 0.3) is 0 Å². The Kier molecular flexibility index (Phi) is 5.55. The van der Waals surface area contributed by atoms with E-state index in [0.29, 0.717) is 17.0 Å². The average molecular weight is 366 g/mol. The zero-order valence-corrected chi connectivity index (χ0v) is 14.0. The fourth-order valence-electron chi connectivity index (χ4n) is 2.08. The van der Waals surface area contributed by atoms with Crippen LogP contribution in [-0.2, 0) is 11.2 Å². The molecule has 0 aliphatic heterocycles. The van der Waals surface area contributed by atoms with Crippen molar-refractivity contribution in [1.82, 2.24) is 0 Å². The maximum absolute atomic E-state index is 13.6. The van der Waals surface area contributed by atoms with Crippen molar-refractivity contribution in [2.75, 3.05) is 12.4 Å². The van der Waals surface area contributed by atoms with Crippen LogP contribution in [0.1, 0.15) is 11.1 Å². The van der Waals surface area contributed by atoms with E-state index in [0.717, 1.165) is 5.56 Å². The van der Waals surface area contributed by atoms with Gasteiger partial charge in [0.05, 0.1) is 17.6 Å². The summed E-state index contributed by atoms with van der Waals surface area (Å²) in [6.07, 6.45) is 0.270. The Hall–Kier alpha value is -1.88. The SMILES string of the molecule is COc1ccc(C)cc1NC(=O)C(Br)Cc1ccccc1F. The molecule has 1 N–H and O–H groups in total. The fourth-order valence-corrected chi connectivity index (χ4v) is 2.54. The van der Waals surface area contributed by atoms with Crippen molar-refractivity contribution in [2.24, 2.45) is 0 Å². The molecule has 0 aromatic heterocycles. The van der Waals surface area contributed by atoms with E-state index in [9.17, 15) is 9.18 Å². The highest BCUT2D eigenvalue weighted by Gasteiger charge is 2.18. The Balaban J connectivity index is 2.09. The number of carbonyl (C=O) groups is 1. The van der Waals surface area contributed by atoms with E-state index in [-0.39, 0.29) is 18.1 Å². The molecule has 0 spiro atoms. The standard InChI is InChI=1S/C17H17BrFNO2/c1-11-7-8-16(22-2)15(9-11)20-17(21)13(18)10-12-5-3-4-6-14(12)19/h3-9,13H,10H2,1-2H3,(H,20,21). The molecule has 0 heterocycles. The summed E-state index contributed by atoms with van der Waals surface area (Å²) in [7, 11) is 1.55. The highest BCUT2D eigenvalue weighted by Crippen LogP contribution is 2.26. The molecule has 1 unspecified atom stereocenters. The van der Waals surface area contributed by atoms with Gasteiger partial charge in [0.2, 0.25) is 5.91 Å². The lowest BCUT2D eigenvalue weighted by Gasteiger charge is -2.14. The molecule has 1 amide bonds. The van der Waals surface area contributed by atoms with Crippen molar-refractivity contribution in [3.05, 3.63) is 59.4 Å². The quantitative estimate of drug-likeness (QED) is 0.810. The Morgan fingerprint density at radius 2 is 2.05 bits per heavy atom. The molecule has 22 heavy (non-hydrogen) atoms. The van der Waals surface area contributed by atoms with Gasteiger partial charge in [-0.1, -0.05) is 40.2 Å². The molecule has 2 aromatic carbocycles. The first-order valence-electron chi connectivity index (χ1n) is 6.84. The Bertz CT molecular complexity index is 675. The number of benzene rings is 2. The van der Waals surface area contributed by atoms with Gasteiger partial charge in [0.1, 0.15) is 11.6 Å². The normalized spacial score (nSPS) is 11.8. The van der Waals surface area contributed by atoms with Crippen LogP contribution < -0.4 is 10.1 Å². The lowest BCUT2D eigenvalue weighted by atomic mass is 10.1. The van der Waals surface area contributed by atoms with Crippen molar-refractivity contribution >= 4 is 27.5 Å². The Labute approximate surface area is 137 Å². The molecule has 5 heteroatoms. The van der Waals surface area contributed by atoms with Gasteiger partial charge in [-0.05, 0) is 42.7 Å². The Morgan fingerprint density at radius 1 is 1.32 bits per heavy atom. The predicted molar refractivity (Wildman–Crippen MR) is 89.2 cm³/mol. The van der Waals surface area contributed by atoms with Crippen LogP contribution in [0.5, 0.6) is 5.75 Å². The van der Waals surface area contributed by atoms with Crippen LogP contribution in [0.3, 0.4) is 0 Å². The number of rotatable bonds is 5. The molecule has 0 radical (unpaired) electrons. The number of halogens is 2. The molecule has 0 aliphatic carbocycles. The van der Waals surface area contributed by atoms with Gasteiger partial charge in [-0.25, -0.2) is 4.39 Å². The lowest BCUT2D eigenvalue weighted by molar-refractivity contribution is -0.115. The van der Waals surface area contributed by atoms with Gasteiger partial charge >= 0.3 is 0 Å². The first-order valence-corrected chi connectivity index (χ1v) is 7.76. The smallest absolute Gasteiger partial charge is 0.238 e. The zero-order valence-electron chi connectivity index (χ0n) is 12.4. The summed E-state index contributed by atoms with van der Waals surface area (Å²) in [4.78, 5) is 11.7. The summed E-state index contributed by atoms with van der Waals surface area (Å²) in [6, 6.07) is 12.0. The van der Waals surface area contributed by atoms with Crippen LogP contribution >= 0.6 is 15.9 Å². The molecule has 0 aliphatic rings. The van der Waals surface area contributed by atoms with Gasteiger partial charge in [-0.15, -0.1) is 0 Å². The molecular formula is C17H17BrFNO2. The van der Waals surface area contributed by atoms with E-state index in [2.05, 4.69) is 21.2 Å². The van der Waals surface area contributed by atoms with Crippen molar-refractivity contribution in [2.45, 2.75) is 18.2 Å². The average Bonchev–Trinajstić information content (AvgIpc) is 2.49. The highest BCUT2D eigenvalue weighted by atomic mass is 79.9. The number of hydrogen-bond acceptors (Lipinski definition) is 2. The molecule has 2 rings (SSSR count). The zero-order chi connectivity index (χ0) is 16.1. The van der Waals surface area contributed by atoms with E-state index in [1.54, 1.807) is 31.4 Å². The van der Waals surface area contributed by atoms with Crippen molar-refractivity contribution in [1.29, 1.82) is 0 Å². The summed E-state index contributed by atoms with van der Waals surface area (Å²) in [5.41, 5.74) is 2.11. The third-order valence-electron chi connectivity index (χ3n) is 3.25. The van der Waals surface area contributed by atoms with Crippen LogP contribution in [0.4, 0.5) is 10.1 Å². The van der Waals surface area contributed by atoms with Crippen LogP contribution in [0.2, 0.25) is 0 Å². The van der Waals surface area contributed by atoms with Crippen molar-refractivity contribution in [3.8, 4) is 5.75 Å². The third-order valence-corrected chi connectivity index (χ3v) is 3.99. The number of amides is 1. The van der Waals surface area contributed by atoms with Crippen LogP contribution in [0.15, 0.2) is 42.5 Å².